The number of carbonyl (C=O) groups is 4. The lowest BCUT2D eigenvalue weighted by Gasteiger charge is -2.26. The molecule has 24 heavy (non-hydrogen) atoms. The average molecular weight is 334 g/mol. The zero-order valence-corrected chi connectivity index (χ0v) is 12.5. The van der Waals surface area contributed by atoms with Gasteiger partial charge in [-0.25, -0.2) is 24.2 Å². The molecule has 3 aliphatic rings. The third kappa shape index (κ3) is 2.94. The SMILES string of the molecule is O=C(O)c1cccc2c1OC(=O)C1CCC(CC1)C(=O)OOC2=O. The largest absolute Gasteiger partial charge is 0.478 e. The molecule has 1 aromatic rings. The fraction of sp³-hybridized carbons (Fsp3) is 0.375. The summed E-state index contributed by atoms with van der Waals surface area (Å²) in [6, 6.07) is 3.74. The Balaban J connectivity index is 2.04. The number of carboxylic acid groups (broad SMARTS) is 1. The van der Waals surface area contributed by atoms with E-state index >= 15 is 0 Å². The molecule has 2 bridgehead atoms. The van der Waals surface area contributed by atoms with Crippen LogP contribution in [0.25, 0.3) is 0 Å². The number of hydrogen-bond acceptors (Lipinski definition) is 7. The molecular weight excluding hydrogens is 320 g/mol. The molecular formula is C16H14O8. The van der Waals surface area contributed by atoms with E-state index in [1.54, 1.807) is 0 Å². The first kappa shape index (κ1) is 16.0. The van der Waals surface area contributed by atoms with Crippen molar-refractivity contribution in [3.63, 3.8) is 0 Å². The number of benzene rings is 1. The molecule has 1 aliphatic carbocycles. The number of hydrogen-bond donors (Lipinski definition) is 1. The van der Waals surface area contributed by atoms with E-state index in [4.69, 9.17) is 4.74 Å². The summed E-state index contributed by atoms with van der Waals surface area (Å²) >= 11 is 0. The molecule has 0 spiro atoms. The fourth-order valence-electron chi connectivity index (χ4n) is 2.92. The summed E-state index contributed by atoms with van der Waals surface area (Å²) in [5.74, 6) is -5.06. The number of ether oxygens (including phenoxy) is 1. The maximum absolute atomic E-state index is 12.3. The second-order valence-electron chi connectivity index (χ2n) is 5.73. The third-order valence-electron chi connectivity index (χ3n) is 4.26. The summed E-state index contributed by atoms with van der Waals surface area (Å²) in [5.41, 5.74) is -0.651. The molecule has 0 amide bonds. The number of para-hydroxylation sites is 1. The molecule has 8 heteroatoms. The van der Waals surface area contributed by atoms with Crippen molar-refractivity contribution in [3.8, 4) is 5.75 Å². The Morgan fingerprint density at radius 3 is 2.21 bits per heavy atom. The monoisotopic (exact) mass is 334 g/mol. The minimum absolute atomic E-state index is 0.299. The van der Waals surface area contributed by atoms with E-state index in [-0.39, 0.29) is 11.1 Å². The second-order valence-corrected chi connectivity index (χ2v) is 5.73. The van der Waals surface area contributed by atoms with Gasteiger partial charge in [-0.05, 0) is 37.8 Å². The Hall–Kier alpha value is -2.90. The lowest BCUT2D eigenvalue weighted by atomic mass is 9.82. The molecule has 1 N–H and O–H groups in total. The quantitative estimate of drug-likeness (QED) is 0.469. The van der Waals surface area contributed by atoms with Gasteiger partial charge in [-0.2, -0.15) is 0 Å². The van der Waals surface area contributed by atoms with E-state index in [1.807, 2.05) is 0 Å². The van der Waals surface area contributed by atoms with E-state index in [2.05, 4.69) is 9.78 Å². The van der Waals surface area contributed by atoms with Crippen LogP contribution < -0.4 is 4.74 Å². The van der Waals surface area contributed by atoms with Gasteiger partial charge in [0.15, 0.2) is 5.75 Å². The van der Waals surface area contributed by atoms with Crippen LogP contribution >= 0.6 is 0 Å². The van der Waals surface area contributed by atoms with Crippen LogP contribution in [0.3, 0.4) is 0 Å². The van der Waals surface area contributed by atoms with Crippen LogP contribution in [0, 0.1) is 11.8 Å². The number of aromatic carboxylic acids is 1. The molecule has 2 aliphatic heterocycles. The molecule has 0 aromatic heterocycles. The lowest BCUT2D eigenvalue weighted by molar-refractivity contribution is -0.239. The van der Waals surface area contributed by atoms with Crippen molar-refractivity contribution in [1.29, 1.82) is 0 Å². The summed E-state index contributed by atoms with van der Waals surface area (Å²) in [4.78, 5) is 56.7. The second kappa shape index (κ2) is 6.31. The molecule has 4 rings (SSSR count). The van der Waals surface area contributed by atoms with Crippen molar-refractivity contribution < 1.29 is 38.8 Å². The molecule has 0 atom stereocenters. The van der Waals surface area contributed by atoms with Crippen molar-refractivity contribution >= 4 is 23.9 Å². The number of carboxylic acids is 1. The summed E-state index contributed by atoms with van der Waals surface area (Å²) in [7, 11) is 0. The Kier molecular flexibility index (Phi) is 4.20. The highest BCUT2D eigenvalue weighted by Crippen LogP contribution is 2.33. The fourth-order valence-corrected chi connectivity index (χ4v) is 2.92. The van der Waals surface area contributed by atoms with Gasteiger partial charge in [0.1, 0.15) is 11.1 Å². The number of rotatable bonds is 1. The maximum Gasteiger partial charge on any atom is 0.390 e. The normalized spacial score (nSPS) is 23.9. The van der Waals surface area contributed by atoms with E-state index in [0.717, 1.165) is 0 Å². The average Bonchev–Trinajstić information content (AvgIpc) is 2.58. The molecule has 2 heterocycles. The van der Waals surface area contributed by atoms with Gasteiger partial charge in [-0.1, -0.05) is 6.07 Å². The van der Waals surface area contributed by atoms with Crippen LogP contribution in [0.2, 0.25) is 0 Å². The summed E-state index contributed by atoms with van der Waals surface area (Å²) in [6.07, 6.45) is 1.64. The highest BCUT2D eigenvalue weighted by atomic mass is 17.2. The van der Waals surface area contributed by atoms with Crippen LogP contribution in [0.4, 0.5) is 0 Å². The third-order valence-corrected chi connectivity index (χ3v) is 4.26. The molecule has 126 valence electrons. The summed E-state index contributed by atoms with van der Waals surface area (Å²) < 4.78 is 5.23. The predicted molar refractivity (Wildman–Crippen MR) is 76.0 cm³/mol. The van der Waals surface area contributed by atoms with E-state index in [9.17, 15) is 24.3 Å². The zero-order valence-electron chi connectivity index (χ0n) is 12.5. The number of carbonyl (C=O) groups excluding carboxylic acids is 3. The minimum Gasteiger partial charge on any atom is -0.478 e. The minimum atomic E-state index is -1.36. The van der Waals surface area contributed by atoms with Gasteiger partial charge in [-0.3, -0.25) is 4.79 Å². The van der Waals surface area contributed by atoms with Crippen molar-refractivity contribution in [2.75, 3.05) is 0 Å². The van der Waals surface area contributed by atoms with E-state index in [1.165, 1.54) is 18.2 Å². The Labute approximate surface area is 136 Å². The van der Waals surface area contributed by atoms with Crippen LogP contribution in [-0.2, 0) is 19.4 Å². The molecule has 0 radical (unpaired) electrons. The van der Waals surface area contributed by atoms with Crippen LogP contribution in [0.5, 0.6) is 5.75 Å². The molecule has 8 nitrogen and oxygen atoms in total. The smallest absolute Gasteiger partial charge is 0.390 e. The van der Waals surface area contributed by atoms with Gasteiger partial charge in [0.2, 0.25) is 0 Å². The van der Waals surface area contributed by atoms with Crippen LogP contribution in [0.15, 0.2) is 18.2 Å². The predicted octanol–water partition coefficient (Wildman–Crippen LogP) is 1.73. The van der Waals surface area contributed by atoms with Gasteiger partial charge in [-0.15, -0.1) is 0 Å². The van der Waals surface area contributed by atoms with Crippen molar-refractivity contribution in [3.05, 3.63) is 29.3 Å². The topological polar surface area (TPSA) is 116 Å². The van der Waals surface area contributed by atoms with Gasteiger partial charge in [0.05, 0.1) is 11.8 Å². The number of fused-ring (bicyclic) bond motifs is 6. The lowest BCUT2D eigenvalue weighted by Crippen LogP contribution is -2.31. The first-order valence-corrected chi connectivity index (χ1v) is 7.48. The van der Waals surface area contributed by atoms with E-state index < -0.39 is 41.5 Å². The van der Waals surface area contributed by atoms with E-state index in [0.29, 0.717) is 25.7 Å². The van der Waals surface area contributed by atoms with Gasteiger partial charge in [0.25, 0.3) is 0 Å². The van der Waals surface area contributed by atoms with Gasteiger partial charge < -0.3 is 9.84 Å². The summed E-state index contributed by atoms with van der Waals surface area (Å²) in [5, 5.41) is 9.25. The number of esters is 1. The van der Waals surface area contributed by atoms with Crippen molar-refractivity contribution in [2.24, 2.45) is 11.8 Å². The first-order valence-electron chi connectivity index (χ1n) is 7.48. The first-order chi connectivity index (χ1) is 11.5. The molecule has 1 fully saturated rings. The van der Waals surface area contributed by atoms with Crippen molar-refractivity contribution in [2.45, 2.75) is 25.7 Å². The van der Waals surface area contributed by atoms with Crippen LogP contribution in [-0.4, -0.2) is 29.0 Å². The molecule has 0 saturated heterocycles. The standard InChI is InChI=1S/C16H14O8/c17-13(18)10-2-1-3-11-12(10)22-14(19)8-4-6-9(7-5-8)15(20)23-24-16(11)21/h1-3,8-9H,4-7H2,(H,17,18). The van der Waals surface area contributed by atoms with Gasteiger partial charge in [0, 0.05) is 0 Å². The molecule has 1 saturated carbocycles. The van der Waals surface area contributed by atoms with Crippen LogP contribution in [0.1, 0.15) is 46.4 Å². The Morgan fingerprint density at radius 1 is 0.958 bits per heavy atom. The summed E-state index contributed by atoms with van der Waals surface area (Å²) in [6.45, 7) is 0. The highest BCUT2D eigenvalue weighted by Gasteiger charge is 2.35. The maximum atomic E-state index is 12.3. The van der Waals surface area contributed by atoms with Crippen molar-refractivity contribution in [1.82, 2.24) is 0 Å². The Morgan fingerprint density at radius 2 is 1.58 bits per heavy atom. The van der Waals surface area contributed by atoms with Gasteiger partial charge >= 0.3 is 23.9 Å². The Bertz CT molecular complexity index is 715. The molecule has 0 unspecified atom stereocenters. The molecule has 1 aromatic carbocycles. The highest BCUT2D eigenvalue weighted by molar-refractivity contribution is 6.00. The zero-order chi connectivity index (χ0) is 17.3.